The second kappa shape index (κ2) is 3.65. The fourth-order valence-corrected chi connectivity index (χ4v) is 0.995. The summed E-state index contributed by atoms with van der Waals surface area (Å²) in [5.74, 6) is -0.595. The maximum atomic E-state index is 12.4. The molecule has 0 aliphatic rings. The minimum atomic E-state index is -4.64. The molecular weight excluding hydrogens is 199 g/mol. The van der Waals surface area contributed by atoms with Crippen LogP contribution in [0.3, 0.4) is 0 Å². The first kappa shape index (κ1) is 10.5. The monoisotopic (exact) mass is 205 g/mol. The van der Waals surface area contributed by atoms with Crippen LogP contribution < -0.4 is 4.74 Å². The van der Waals surface area contributed by atoms with Crippen LogP contribution in [0.2, 0.25) is 0 Å². The van der Waals surface area contributed by atoms with Gasteiger partial charge in [-0.1, -0.05) is 0 Å². The van der Waals surface area contributed by atoms with Crippen molar-refractivity contribution in [3.8, 4) is 5.88 Å². The third-order valence-corrected chi connectivity index (χ3v) is 1.55. The van der Waals surface area contributed by atoms with Gasteiger partial charge < -0.3 is 4.74 Å². The van der Waals surface area contributed by atoms with Gasteiger partial charge >= 0.3 is 6.18 Å². The first-order valence-electron chi connectivity index (χ1n) is 3.56. The molecule has 0 bridgehead atoms. The second-order valence-electron chi connectivity index (χ2n) is 2.40. The zero-order valence-electron chi connectivity index (χ0n) is 7.13. The normalized spacial score (nSPS) is 11.1. The molecule has 1 aromatic heterocycles. The number of hydrogen-bond acceptors (Lipinski definition) is 3. The van der Waals surface area contributed by atoms with E-state index in [1.54, 1.807) is 0 Å². The van der Waals surface area contributed by atoms with Crippen LogP contribution in [0.25, 0.3) is 0 Å². The highest BCUT2D eigenvalue weighted by molar-refractivity contribution is 5.78. The number of rotatable bonds is 2. The van der Waals surface area contributed by atoms with E-state index in [-0.39, 0.29) is 6.29 Å². The lowest BCUT2D eigenvalue weighted by Crippen LogP contribution is -2.12. The molecule has 0 atom stereocenters. The minimum Gasteiger partial charge on any atom is -0.481 e. The fourth-order valence-electron chi connectivity index (χ4n) is 0.995. The maximum absolute atomic E-state index is 12.4. The highest BCUT2D eigenvalue weighted by atomic mass is 19.4. The van der Waals surface area contributed by atoms with Crippen LogP contribution in [0.4, 0.5) is 13.2 Å². The number of alkyl halides is 3. The summed E-state index contributed by atoms with van der Waals surface area (Å²) in [4.78, 5) is 13.7. The summed E-state index contributed by atoms with van der Waals surface area (Å²) in [7, 11) is 1.06. The average molecular weight is 205 g/mol. The molecule has 1 rings (SSSR count). The molecule has 14 heavy (non-hydrogen) atoms. The molecule has 0 saturated heterocycles. The molecule has 76 valence electrons. The molecule has 1 heterocycles. The Labute approximate surface area is 77.5 Å². The number of carbonyl (C=O) groups excluding carboxylic acids is 1. The van der Waals surface area contributed by atoms with Gasteiger partial charge in [0.25, 0.3) is 0 Å². The van der Waals surface area contributed by atoms with Crippen molar-refractivity contribution < 1.29 is 22.7 Å². The Morgan fingerprint density at radius 3 is 2.57 bits per heavy atom. The highest BCUT2D eigenvalue weighted by Gasteiger charge is 2.37. The van der Waals surface area contributed by atoms with Crippen LogP contribution in [0, 0.1) is 0 Å². The van der Waals surface area contributed by atoms with Crippen LogP contribution in [0.5, 0.6) is 5.88 Å². The molecule has 0 N–H and O–H groups in total. The summed E-state index contributed by atoms with van der Waals surface area (Å²) in [6.45, 7) is 0. The van der Waals surface area contributed by atoms with Crippen molar-refractivity contribution in [3.63, 3.8) is 0 Å². The number of hydrogen-bond donors (Lipinski definition) is 0. The van der Waals surface area contributed by atoms with Crippen molar-refractivity contribution in [3.05, 3.63) is 23.4 Å². The van der Waals surface area contributed by atoms with Gasteiger partial charge in [-0.15, -0.1) is 0 Å². The molecule has 0 fully saturated rings. The first-order chi connectivity index (χ1) is 6.50. The van der Waals surface area contributed by atoms with Gasteiger partial charge in [0.15, 0.2) is 6.29 Å². The maximum Gasteiger partial charge on any atom is 0.422 e. The van der Waals surface area contributed by atoms with E-state index in [4.69, 9.17) is 0 Å². The zero-order chi connectivity index (χ0) is 10.8. The van der Waals surface area contributed by atoms with E-state index in [1.165, 1.54) is 0 Å². The number of nitrogens with zero attached hydrogens (tertiary/aromatic N) is 1. The van der Waals surface area contributed by atoms with Gasteiger partial charge in [0.05, 0.1) is 7.11 Å². The predicted molar refractivity (Wildman–Crippen MR) is 41.2 cm³/mol. The van der Waals surface area contributed by atoms with Crippen molar-refractivity contribution in [2.24, 2.45) is 0 Å². The van der Waals surface area contributed by atoms with Crippen molar-refractivity contribution >= 4 is 6.29 Å². The van der Waals surface area contributed by atoms with Gasteiger partial charge in [-0.3, -0.25) is 4.79 Å². The van der Waals surface area contributed by atoms with Gasteiger partial charge in [0.2, 0.25) is 5.88 Å². The molecule has 0 saturated carbocycles. The largest absolute Gasteiger partial charge is 0.481 e. The van der Waals surface area contributed by atoms with Crippen LogP contribution >= 0.6 is 0 Å². The van der Waals surface area contributed by atoms with E-state index in [2.05, 4.69) is 9.72 Å². The number of carbonyl (C=O) groups is 1. The topological polar surface area (TPSA) is 39.2 Å². The summed E-state index contributed by atoms with van der Waals surface area (Å²) >= 11 is 0. The van der Waals surface area contributed by atoms with Gasteiger partial charge in [-0.2, -0.15) is 13.2 Å². The number of methoxy groups -OCH3 is 1. The van der Waals surface area contributed by atoms with Crippen molar-refractivity contribution in [2.75, 3.05) is 7.11 Å². The fraction of sp³-hybridized carbons (Fsp3) is 0.250. The Kier molecular flexibility index (Phi) is 2.73. The lowest BCUT2D eigenvalue weighted by molar-refractivity contribution is -0.139. The van der Waals surface area contributed by atoms with E-state index in [9.17, 15) is 18.0 Å². The molecule has 3 nitrogen and oxygen atoms in total. The molecule has 1 aromatic rings. The molecule has 0 unspecified atom stereocenters. The number of halogens is 3. The smallest absolute Gasteiger partial charge is 0.422 e. The lowest BCUT2D eigenvalue weighted by Gasteiger charge is -2.11. The lowest BCUT2D eigenvalue weighted by atomic mass is 10.1. The van der Waals surface area contributed by atoms with Gasteiger partial charge in [0, 0.05) is 11.8 Å². The van der Waals surface area contributed by atoms with Crippen LogP contribution in [0.15, 0.2) is 12.3 Å². The van der Waals surface area contributed by atoms with Gasteiger partial charge in [0.1, 0.15) is 5.56 Å². The summed E-state index contributed by atoms with van der Waals surface area (Å²) in [5, 5.41) is 0. The van der Waals surface area contributed by atoms with E-state index in [1.807, 2.05) is 0 Å². The molecule has 0 spiro atoms. The summed E-state index contributed by atoms with van der Waals surface area (Å²) in [6.07, 6.45) is -3.44. The Balaban J connectivity index is 3.41. The molecular formula is C8H6F3NO2. The number of aldehydes is 1. The average Bonchev–Trinajstić information content (AvgIpc) is 2.15. The molecule has 0 aliphatic heterocycles. The van der Waals surface area contributed by atoms with Crippen LogP contribution in [0.1, 0.15) is 15.9 Å². The molecule has 6 heteroatoms. The molecule has 0 amide bonds. The second-order valence-corrected chi connectivity index (χ2v) is 2.40. The summed E-state index contributed by atoms with van der Waals surface area (Å²) < 4.78 is 41.6. The summed E-state index contributed by atoms with van der Waals surface area (Å²) in [6, 6.07) is 0.984. The zero-order valence-corrected chi connectivity index (χ0v) is 7.13. The Morgan fingerprint density at radius 1 is 1.50 bits per heavy atom. The summed E-state index contributed by atoms with van der Waals surface area (Å²) in [5.41, 5.74) is -1.62. The standard InChI is InChI=1S/C8H6F3NO2/c1-14-7-6(8(9,10)11)5(4-13)2-3-12-7/h2-4H,1H3. The molecule has 0 radical (unpaired) electrons. The third kappa shape index (κ3) is 1.84. The highest BCUT2D eigenvalue weighted by Crippen LogP contribution is 2.36. The quantitative estimate of drug-likeness (QED) is 0.692. The van der Waals surface area contributed by atoms with Crippen molar-refractivity contribution in [2.45, 2.75) is 6.18 Å². The minimum absolute atomic E-state index is 0.118. The van der Waals surface area contributed by atoms with E-state index >= 15 is 0 Å². The Morgan fingerprint density at radius 2 is 2.14 bits per heavy atom. The SMILES string of the molecule is COc1nccc(C=O)c1C(F)(F)F. The number of ether oxygens (including phenoxy) is 1. The van der Waals surface area contributed by atoms with Crippen molar-refractivity contribution in [1.82, 2.24) is 4.98 Å². The number of pyridine rings is 1. The number of aromatic nitrogens is 1. The first-order valence-corrected chi connectivity index (χ1v) is 3.56. The van der Waals surface area contributed by atoms with E-state index < -0.39 is 23.2 Å². The van der Waals surface area contributed by atoms with Crippen LogP contribution in [-0.4, -0.2) is 18.4 Å². The van der Waals surface area contributed by atoms with E-state index in [0.717, 1.165) is 19.4 Å². The Bertz CT molecular complexity index is 349. The van der Waals surface area contributed by atoms with Gasteiger partial charge in [-0.05, 0) is 6.07 Å². The van der Waals surface area contributed by atoms with E-state index in [0.29, 0.717) is 0 Å². The third-order valence-electron chi connectivity index (χ3n) is 1.55. The van der Waals surface area contributed by atoms with Crippen LogP contribution in [-0.2, 0) is 6.18 Å². The van der Waals surface area contributed by atoms with Crippen molar-refractivity contribution in [1.29, 1.82) is 0 Å². The molecule has 0 aromatic carbocycles. The molecule has 0 aliphatic carbocycles. The van der Waals surface area contributed by atoms with Gasteiger partial charge in [-0.25, -0.2) is 4.98 Å². The predicted octanol–water partition coefficient (Wildman–Crippen LogP) is 1.92. The Hall–Kier alpha value is -1.59.